The number of urea groups is 1. The van der Waals surface area contributed by atoms with Gasteiger partial charge in [0, 0.05) is 63.6 Å². The van der Waals surface area contributed by atoms with Gasteiger partial charge in [0.2, 0.25) is 10.0 Å². The number of benzene rings is 1. The van der Waals surface area contributed by atoms with Crippen LogP contribution >= 0.6 is 0 Å². The summed E-state index contributed by atoms with van der Waals surface area (Å²) in [6.45, 7) is 2.50. The second-order valence-corrected chi connectivity index (χ2v) is 10.4. The number of aryl methyl sites for hydroxylation is 2. The zero-order valence-electron chi connectivity index (χ0n) is 16.6. The van der Waals surface area contributed by atoms with Gasteiger partial charge in [-0.05, 0) is 92.6 Å². The minimum Gasteiger partial charge on any atom is -0.307 e. The minimum atomic E-state index is -3.67. The van der Waals surface area contributed by atoms with E-state index in [2.05, 4.69) is 21.0 Å². The number of carbonyl (C=O) groups excluding carboxylic acids is 1. The third-order valence-corrected chi connectivity index (χ3v) is 8.74. The summed E-state index contributed by atoms with van der Waals surface area (Å²) in [4.78, 5) is 14.9. The fraction of sp³-hybridized carbons (Fsp3) is 0.650. The predicted octanol–water partition coefficient (Wildman–Crippen LogP) is 1.83. The van der Waals surface area contributed by atoms with Crippen LogP contribution in [0.15, 0.2) is 6.07 Å². The maximum atomic E-state index is 12.8. The molecule has 1 aromatic carbocycles. The molecule has 2 N–H and O–H groups in total. The van der Waals surface area contributed by atoms with Gasteiger partial charge in [-0.2, -0.15) is 0 Å². The molecule has 3 saturated heterocycles. The van der Waals surface area contributed by atoms with Gasteiger partial charge in [-0.3, -0.25) is 0 Å². The van der Waals surface area contributed by atoms with Crippen LogP contribution in [0, 0.1) is 5.92 Å². The van der Waals surface area contributed by atoms with E-state index in [1.807, 2.05) is 0 Å². The van der Waals surface area contributed by atoms with E-state index in [0.717, 1.165) is 70.1 Å². The Labute approximate surface area is 209 Å². The van der Waals surface area contributed by atoms with Crippen molar-refractivity contribution >= 4 is 73.1 Å². The van der Waals surface area contributed by atoms with Crippen LogP contribution in [0.4, 0.5) is 10.5 Å². The monoisotopic (exact) mass is 428 g/mol. The molecule has 6 rings (SSSR count). The van der Waals surface area contributed by atoms with Crippen molar-refractivity contribution in [3.8, 4) is 0 Å². The van der Waals surface area contributed by atoms with Crippen LogP contribution in [0.2, 0.25) is 0 Å². The predicted molar refractivity (Wildman–Crippen MR) is 110 cm³/mol. The number of hydrogen-bond acceptors (Lipinski definition) is 4. The largest absolute Gasteiger partial charge is 0.332 e. The summed E-state index contributed by atoms with van der Waals surface area (Å²) in [5, 5.41) is 2.46. The summed E-state index contributed by atoms with van der Waals surface area (Å²) >= 11 is 0. The van der Waals surface area contributed by atoms with Crippen molar-refractivity contribution < 1.29 is 13.2 Å². The van der Waals surface area contributed by atoms with Crippen molar-refractivity contribution in [1.29, 1.82) is 0 Å². The third-order valence-electron chi connectivity index (χ3n) is 6.94. The second kappa shape index (κ2) is 8.28. The number of amides is 2. The van der Waals surface area contributed by atoms with E-state index in [1.165, 1.54) is 22.3 Å². The van der Waals surface area contributed by atoms with Crippen molar-refractivity contribution in [2.24, 2.45) is 5.92 Å². The Hall–Kier alpha value is 0.0364. The fourth-order valence-electron chi connectivity index (χ4n) is 5.57. The molecule has 0 spiro atoms. The first-order valence-electron chi connectivity index (χ1n) is 10.2. The van der Waals surface area contributed by atoms with E-state index in [9.17, 15) is 13.2 Å². The Morgan fingerprint density at radius 2 is 1.61 bits per heavy atom. The molecule has 28 heavy (non-hydrogen) atoms. The number of nitrogens with zero attached hydrogens (tertiary/aromatic N) is 1. The number of rotatable bonds is 3. The number of hydrogen-bond donors (Lipinski definition) is 2. The molecule has 2 aliphatic carbocycles. The van der Waals surface area contributed by atoms with Gasteiger partial charge < -0.3 is 10.2 Å². The van der Waals surface area contributed by atoms with Crippen molar-refractivity contribution in [3.05, 3.63) is 28.3 Å². The Bertz CT molecular complexity index is 862. The normalized spacial score (nSPS) is 27.6. The van der Waals surface area contributed by atoms with Crippen LogP contribution in [-0.2, 0) is 35.7 Å². The quantitative estimate of drug-likeness (QED) is 0.720. The summed E-state index contributed by atoms with van der Waals surface area (Å²) in [5.41, 5.74) is 5.97. The summed E-state index contributed by atoms with van der Waals surface area (Å²) < 4.78 is 28.0. The van der Waals surface area contributed by atoms with Gasteiger partial charge in [0.1, 0.15) is 0 Å². The first kappa shape index (κ1) is 21.3. The fourth-order valence-corrected chi connectivity index (χ4v) is 7.22. The molecule has 3 heterocycles. The van der Waals surface area contributed by atoms with Crippen LogP contribution in [0.1, 0.15) is 47.9 Å². The molecule has 0 aromatic heterocycles. The van der Waals surface area contributed by atoms with E-state index < -0.39 is 21.3 Å². The summed E-state index contributed by atoms with van der Waals surface area (Å²) in [6, 6.07) is 1.71. The van der Waals surface area contributed by atoms with Gasteiger partial charge in [-0.1, -0.05) is 6.07 Å². The molecule has 2 bridgehead atoms. The molecular weight excluding hydrogens is 401 g/mol. The number of anilines is 1. The SMILES string of the molecule is O=C(Nc1c2c(cc3c1CCC3)CCC2)NS(=O)(=O)C1CN2CCC1CC2.[K]. The Balaban J connectivity index is 0.00000192. The van der Waals surface area contributed by atoms with E-state index in [0.29, 0.717) is 6.54 Å². The van der Waals surface area contributed by atoms with Crippen molar-refractivity contribution in [2.75, 3.05) is 25.0 Å². The summed E-state index contributed by atoms with van der Waals surface area (Å²) in [5.74, 6) is 0.172. The maximum absolute atomic E-state index is 12.8. The molecular formula is C20H27KN3O3S. The summed E-state index contributed by atoms with van der Waals surface area (Å²) in [6.07, 6.45) is 8.06. The molecule has 3 aliphatic heterocycles. The zero-order valence-corrected chi connectivity index (χ0v) is 20.5. The van der Waals surface area contributed by atoms with Crippen molar-refractivity contribution in [3.63, 3.8) is 0 Å². The average molecular weight is 429 g/mol. The standard InChI is InChI=1S/C20H27N3O3S.K/c24-20(22-27(25,26)18-12-23-9-7-13(18)8-10-23)21-19-16-5-1-3-14(16)11-15-4-2-6-17(15)19;/h11,13,18H,1-10,12H2,(H2,21,22,24);. The van der Waals surface area contributed by atoms with Crippen LogP contribution in [0.3, 0.4) is 0 Å². The maximum Gasteiger partial charge on any atom is 0.332 e. The molecule has 6 nitrogen and oxygen atoms in total. The number of carbonyl (C=O) groups is 1. The van der Waals surface area contributed by atoms with Crippen molar-refractivity contribution in [2.45, 2.75) is 56.6 Å². The molecule has 3 fully saturated rings. The first-order valence-corrected chi connectivity index (χ1v) is 11.8. The van der Waals surface area contributed by atoms with Crippen LogP contribution in [0.5, 0.6) is 0 Å². The Kier molecular flexibility index (Phi) is 6.29. The van der Waals surface area contributed by atoms with Gasteiger partial charge in [0.15, 0.2) is 0 Å². The topological polar surface area (TPSA) is 78.5 Å². The molecule has 0 saturated carbocycles. The Morgan fingerprint density at radius 3 is 2.14 bits per heavy atom. The molecule has 1 aromatic rings. The molecule has 1 radical (unpaired) electrons. The number of nitrogens with one attached hydrogen (secondary N) is 2. The second-order valence-electron chi connectivity index (χ2n) is 8.51. The van der Waals surface area contributed by atoms with Gasteiger partial charge in [-0.25, -0.2) is 17.9 Å². The van der Waals surface area contributed by atoms with Crippen molar-refractivity contribution in [1.82, 2.24) is 9.62 Å². The zero-order chi connectivity index (χ0) is 18.6. The van der Waals surface area contributed by atoms with Gasteiger partial charge >= 0.3 is 6.03 Å². The smallest absolute Gasteiger partial charge is 0.307 e. The number of fused-ring (bicyclic) bond motifs is 5. The Morgan fingerprint density at radius 1 is 1.00 bits per heavy atom. The van der Waals surface area contributed by atoms with Gasteiger partial charge in [-0.15, -0.1) is 0 Å². The molecule has 5 aliphatic rings. The third kappa shape index (κ3) is 3.86. The molecule has 2 amide bonds. The van der Waals surface area contributed by atoms with E-state index in [4.69, 9.17) is 0 Å². The van der Waals surface area contributed by atoms with E-state index >= 15 is 0 Å². The first-order chi connectivity index (χ1) is 13.0. The molecule has 147 valence electrons. The number of sulfonamides is 1. The van der Waals surface area contributed by atoms with Crippen LogP contribution in [-0.4, -0.2) is 95.6 Å². The van der Waals surface area contributed by atoms with Crippen LogP contribution < -0.4 is 10.0 Å². The van der Waals surface area contributed by atoms with Crippen LogP contribution in [0.25, 0.3) is 0 Å². The molecule has 1 atom stereocenters. The minimum absolute atomic E-state index is 0. The average Bonchev–Trinajstić information content (AvgIpc) is 3.31. The molecule has 8 heteroatoms. The van der Waals surface area contributed by atoms with Gasteiger partial charge in [0.05, 0.1) is 5.25 Å². The van der Waals surface area contributed by atoms with E-state index in [1.54, 1.807) is 0 Å². The van der Waals surface area contributed by atoms with Gasteiger partial charge in [0.25, 0.3) is 0 Å². The molecule has 1 unspecified atom stereocenters. The summed E-state index contributed by atoms with van der Waals surface area (Å²) in [7, 11) is -3.67. The number of piperidine rings is 3. The van der Waals surface area contributed by atoms with E-state index in [-0.39, 0.29) is 57.3 Å².